The van der Waals surface area contributed by atoms with Gasteiger partial charge in [0.25, 0.3) is 5.91 Å². The summed E-state index contributed by atoms with van der Waals surface area (Å²) in [5.41, 5.74) is 4.23. The highest BCUT2D eigenvalue weighted by Gasteiger charge is 2.24. The van der Waals surface area contributed by atoms with Crippen molar-refractivity contribution in [2.45, 2.75) is 31.6 Å². The molecule has 0 aliphatic heterocycles. The Morgan fingerprint density at radius 1 is 0.667 bits per heavy atom. The molecule has 6 heteroatoms. The fraction of sp³-hybridized carbons (Fsp3) is 0.212. The predicted molar refractivity (Wildman–Crippen MR) is 159 cm³/mol. The number of carbonyl (C=O) groups excluding carboxylic acids is 2. The fourth-order valence-electron chi connectivity index (χ4n) is 4.24. The standard InChI is InChI=1S/C17H18ClNO2.C16H15ClO/c1-19(21-2)17(20)16(14-6-4-3-5-7-14)12-13-8-10-15(18)11-9-13;1-12(18)16(14-5-3-2-4-6-14)11-13-7-9-15(17)10-8-13/h3-11,16H,12H2,1-2H3;2-10,16H,11H2,1H3. The van der Waals surface area contributed by atoms with Crippen LogP contribution in [0.3, 0.4) is 0 Å². The topological polar surface area (TPSA) is 46.6 Å². The average Bonchev–Trinajstić information content (AvgIpc) is 2.97. The van der Waals surface area contributed by atoms with E-state index in [1.807, 2.05) is 109 Å². The molecule has 0 aliphatic rings. The van der Waals surface area contributed by atoms with E-state index in [9.17, 15) is 9.59 Å². The third-order valence-corrected chi connectivity index (χ3v) is 6.99. The monoisotopic (exact) mass is 561 g/mol. The molecule has 4 aromatic carbocycles. The van der Waals surface area contributed by atoms with Crippen molar-refractivity contribution in [3.05, 3.63) is 141 Å². The molecule has 0 saturated heterocycles. The lowest BCUT2D eigenvalue weighted by molar-refractivity contribution is -0.170. The smallest absolute Gasteiger partial charge is 0.253 e. The van der Waals surface area contributed by atoms with Gasteiger partial charge in [-0.3, -0.25) is 14.4 Å². The molecule has 0 aromatic heterocycles. The van der Waals surface area contributed by atoms with Crippen LogP contribution in [0, 0.1) is 0 Å². The van der Waals surface area contributed by atoms with Crippen molar-refractivity contribution in [2.24, 2.45) is 0 Å². The van der Waals surface area contributed by atoms with Crippen molar-refractivity contribution in [1.82, 2.24) is 5.06 Å². The number of halogens is 2. The summed E-state index contributed by atoms with van der Waals surface area (Å²) in [4.78, 5) is 29.3. The van der Waals surface area contributed by atoms with Crippen LogP contribution in [0.4, 0.5) is 0 Å². The van der Waals surface area contributed by atoms with E-state index in [0.717, 1.165) is 33.7 Å². The number of ketones is 1. The molecule has 0 bridgehead atoms. The molecule has 4 rings (SSSR count). The maximum Gasteiger partial charge on any atom is 0.253 e. The van der Waals surface area contributed by atoms with Gasteiger partial charge < -0.3 is 0 Å². The quantitative estimate of drug-likeness (QED) is 0.195. The average molecular weight is 563 g/mol. The Bertz CT molecular complexity index is 1310. The largest absolute Gasteiger partial charge is 0.299 e. The molecule has 0 radical (unpaired) electrons. The second-order valence-corrected chi connectivity index (χ2v) is 10.1. The van der Waals surface area contributed by atoms with Crippen LogP contribution >= 0.6 is 23.2 Å². The Labute approximate surface area is 241 Å². The summed E-state index contributed by atoms with van der Waals surface area (Å²) in [6, 6.07) is 34.9. The Balaban J connectivity index is 0.000000218. The highest BCUT2D eigenvalue weighted by molar-refractivity contribution is 6.30. The van der Waals surface area contributed by atoms with Crippen LogP contribution in [0.5, 0.6) is 0 Å². The van der Waals surface area contributed by atoms with E-state index in [0.29, 0.717) is 11.4 Å². The van der Waals surface area contributed by atoms with E-state index in [1.165, 1.54) is 12.2 Å². The van der Waals surface area contributed by atoms with Gasteiger partial charge >= 0.3 is 0 Å². The minimum Gasteiger partial charge on any atom is -0.299 e. The molecule has 0 heterocycles. The van der Waals surface area contributed by atoms with Gasteiger partial charge in [-0.25, -0.2) is 5.06 Å². The second kappa shape index (κ2) is 15.2. The Hall–Kier alpha value is -3.44. The first-order chi connectivity index (χ1) is 18.8. The molecule has 0 spiro atoms. The summed E-state index contributed by atoms with van der Waals surface area (Å²) in [7, 11) is 3.11. The molecule has 1 amide bonds. The van der Waals surface area contributed by atoms with Gasteiger partial charge in [0, 0.05) is 23.0 Å². The van der Waals surface area contributed by atoms with Gasteiger partial charge in [0.05, 0.1) is 13.0 Å². The summed E-state index contributed by atoms with van der Waals surface area (Å²) in [5, 5.41) is 2.68. The summed E-state index contributed by atoms with van der Waals surface area (Å²) in [6.07, 6.45) is 1.32. The van der Waals surface area contributed by atoms with Crippen LogP contribution in [0.25, 0.3) is 0 Å². The van der Waals surface area contributed by atoms with Crippen LogP contribution in [-0.4, -0.2) is 30.9 Å². The molecular formula is C33H33Cl2NO3. The van der Waals surface area contributed by atoms with Gasteiger partial charge in [-0.1, -0.05) is 108 Å². The van der Waals surface area contributed by atoms with Crippen molar-refractivity contribution in [3.63, 3.8) is 0 Å². The summed E-state index contributed by atoms with van der Waals surface area (Å²) in [5.74, 6) is -0.237. The molecule has 4 nitrogen and oxygen atoms in total. The molecular weight excluding hydrogens is 529 g/mol. The molecule has 202 valence electrons. The molecule has 2 unspecified atom stereocenters. The minimum atomic E-state index is -0.280. The number of Topliss-reactive ketones (excluding diaryl/α,β-unsaturated/α-hetero) is 1. The lowest BCUT2D eigenvalue weighted by Crippen LogP contribution is -2.32. The number of amides is 1. The third kappa shape index (κ3) is 9.36. The summed E-state index contributed by atoms with van der Waals surface area (Å²) < 4.78 is 0. The number of hydrogen-bond acceptors (Lipinski definition) is 3. The van der Waals surface area contributed by atoms with Crippen molar-refractivity contribution >= 4 is 34.9 Å². The first-order valence-electron chi connectivity index (χ1n) is 12.7. The Kier molecular flexibility index (Phi) is 11.8. The highest BCUT2D eigenvalue weighted by Crippen LogP contribution is 2.25. The first-order valence-corrected chi connectivity index (χ1v) is 13.4. The van der Waals surface area contributed by atoms with E-state index in [1.54, 1.807) is 14.0 Å². The molecule has 0 fully saturated rings. The van der Waals surface area contributed by atoms with E-state index in [2.05, 4.69) is 0 Å². The summed E-state index contributed by atoms with van der Waals surface area (Å²) >= 11 is 11.8. The van der Waals surface area contributed by atoms with Crippen LogP contribution in [0.1, 0.15) is 41.0 Å². The number of carbonyl (C=O) groups is 2. The van der Waals surface area contributed by atoms with Crippen molar-refractivity contribution in [1.29, 1.82) is 0 Å². The van der Waals surface area contributed by atoms with Gasteiger partial charge in [0.1, 0.15) is 5.78 Å². The van der Waals surface area contributed by atoms with Crippen molar-refractivity contribution in [3.8, 4) is 0 Å². The number of hydrogen-bond donors (Lipinski definition) is 0. The SMILES string of the molecule is CC(=O)C(Cc1ccc(Cl)cc1)c1ccccc1.CON(C)C(=O)C(Cc1ccc(Cl)cc1)c1ccccc1. The first kappa shape index (κ1) is 30.1. The zero-order valence-corrected chi connectivity index (χ0v) is 23.9. The second-order valence-electron chi connectivity index (χ2n) is 9.22. The van der Waals surface area contributed by atoms with E-state index < -0.39 is 0 Å². The van der Waals surface area contributed by atoms with Crippen LogP contribution in [-0.2, 0) is 27.3 Å². The van der Waals surface area contributed by atoms with E-state index in [4.69, 9.17) is 28.0 Å². The third-order valence-electron chi connectivity index (χ3n) is 6.48. The van der Waals surface area contributed by atoms with Gasteiger partial charge in [-0.2, -0.15) is 0 Å². The maximum atomic E-state index is 12.5. The molecule has 2 atom stereocenters. The van der Waals surface area contributed by atoms with Gasteiger partial charge in [0.15, 0.2) is 0 Å². The minimum absolute atomic E-state index is 0.0707. The van der Waals surface area contributed by atoms with E-state index in [-0.39, 0.29) is 23.5 Å². The number of rotatable bonds is 9. The Morgan fingerprint density at radius 3 is 1.44 bits per heavy atom. The van der Waals surface area contributed by atoms with Crippen molar-refractivity contribution in [2.75, 3.05) is 14.2 Å². The van der Waals surface area contributed by atoms with Gasteiger partial charge in [-0.05, 0) is 66.3 Å². The Morgan fingerprint density at radius 2 is 1.05 bits per heavy atom. The van der Waals surface area contributed by atoms with E-state index >= 15 is 0 Å². The van der Waals surface area contributed by atoms with Crippen LogP contribution in [0.15, 0.2) is 109 Å². The molecule has 0 saturated carbocycles. The van der Waals surface area contributed by atoms with Gasteiger partial charge in [0.2, 0.25) is 0 Å². The van der Waals surface area contributed by atoms with Gasteiger partial charge in [-0.15, -0.1) is 0 Å². The predicted octanol–water partition coefficient (Wildman–Crippen LogP) is 7.94. The molecule has 0 aliphatic carbocycles. The van der Waals surface area contributed by atoms with Crippen molar-refractivity contribution < 1.29 is 14.4 Å². The number of benzene rings is 4. The zero-order valence-electron chi connectivity index (χ0n) is 22.4. The number of nitrogens with zero attached hydrogens (tertiary/aromatic N) is 1. The maximum absolute atomic E-state index is 12.5. The normalized spacial score (nSPS) is 12.0. The lowest BCUT2D eigenvalue weighted by Gasteiger charge is -2.22. The highest BCUT2D eigenvalue weighted by atomic mass is 35.5. The number of likely N-dealkylation sites (N-methyl/N-ethyl adjacent to an activating group) is 1. The summed E-state index contributed by atoms with van der Waals surface area (Å²) in [6.45, 7) is 1.65. The van der Waals surface area contributed by atoms with Crippen LogP contribution < -0.4 is 0 Å². The lowest BCUT2D eigenvalue weighted by atomic mass is 9.89. The fourth-order valence-corrected chi connectivity index (χ4v) is 4.49. The molecule has 0 N–H and O–H groups in total. The molecule has 4 aromatic rings. The number of hydroxylamine groups is 2. The molecule has 39 heavy (non-hydrogen) atoms. The zero-order chi connectivity index (χ0) is 28.2. The van der Waals surface area contributed by atoms with Crippen LogP contribution in [0.2, 0.25) is 10.0 Å².